The molecule has 2 rings (SSSR count). The molecule has 0 N–H and O–H groups in total. The molecule has 0 atom stereocenters. The summed E-state index contributed by atoms with van der Waals surface area (Å²) in [4.78, 5) is 0. The summed E-state index contributed by atoms with van der Waals surface area (Å²) in [6, 6.07) is 8.16. The van der Waals surface area contributed by atoms with Crippen LogP contribution in [-0.2, 0) is 0 Å². The van der Waals surface area contributed by atoms with Crippen molar-refractivity contribution < 1.29 is 4.42 Å². The highest BCUT2D eigenvalue weighted by Gasteiger charge is 1.98. The Morgan fingerprint density at radius 1 is 1.29 bits per heavy atom. The van der Waals surface area contributed by atoms with E-state index in [2.05, 4.69) is 25.6 Å². The predicted octanol–water partition coefficient (Wildman–Crippen LogP) is 2.42. The van der Waals surface area contributed by atoms with Crippen molar-refractivity contribution in [3.63, 3.8) is 0 Å². The number of hydrogen-bond acceptors (Lipinski definition) is 1. The highest BCUT2D eigenvalue weighted by molar-refractivity contribution is 5.82. The van der Waals surface area contributed by atoms with E-state index in [4.69, 9.17) is 4.42 Å². The van der Waals surface area contributed by atoms with Crippen LogP contribution >= 0.6 is 0 Å². The molecule has 0 saturated heterocycles. The van der Waals surface area contributed by atoms with Crippen molar-refractivity contribution in [2.45, 2.75) is 19.8 Å². The SMILES string of the molecule is C=c1o/c(=C\CCC)c2ccccc12. The van der Waals surface area contributed by atoms with Gasteiger partial charge in [0.1, 0.15) is 10.8 Å². The topological polar surface area (TPSA) is 13.1 Å². The lowest BCUT2D eigenvalue weighted by Gasteiger charge is -1.85. The Morgan fingerprint density at radius 3 is 2.71 bits per heavy atom. The Bertz CT molecular complexity index is 534. The first-order valence-electron chi connectivity index (χ1n) is 4.99. The van der Waals surface area contributed by atoms with Crippen LogP contribution in [0.2, 0.25) is 0 Å². The molecule has 0 saturated carbocycles. The quantitative estimate of drug-likeness (QED) is 0.702. The first kappa shape index (κ1) is 9.07. The van der Waals surface area contributed by atoms with Gasteiger partial charge in [0, 0.05) is 10.8 Å². The zero-order valence-corrected chi connectivity index (χ0v) is 8.42. The van der Waals surface area contributed by atoms with Gasteiger partial charge in [-0.15, -0.1) is 0 Å². The largest absolute Gasteiger partial charge is 0.457 e. The third-order valence-electron chi connectivity index (χ3n) is 2.34. The van der Waals surface area contributed by atoms with Crippen molar-refractivity contribution >= 4 is 23.4 Å². The molecule has 2 aromatic rings. The molecule has 0 aliphatic carbocycles. The number of furan rings is 1. The van der Waals surface area contributed by atoms with Crippen LogP contribution in [0.25, 0.3) is 23.4 Å². The van der Waals surface area contributed by atoms with Crippen LogP contribution in [0.5, 0.6) is 0 Å². The van der Waals surface area contributed by atoms with Crippen molar-refractivity contribution in [2.24, 2.45) is 0 Å². The minimum atomic E-state index is 0.767. The average molecular weight is 186 g/mol. The maximum atomic E-state index is 5.60. The molecule has 1 aromatic heterocycles. The Hall–Kier alpha value is -1.50. The van der Waals surface area contributed by atoms with Crippen LogP contribution in [-0.4, -0.2) is 0 Å². The van der Waals surface area contributed by atoms with Gasteiger partial charge in [-0.05, 0) is 12.5 Å². The standard InChI is InChI=1S/C13H14O/c1-3-4-9-13-12-8-6-5-7-11(12)10(2)14-13/h5-9H,2-4H2,1H3/b13-9-. The molecule has 0 amide bonds. The molecule has 1 heteroatoms. The number of hydrogen-bond donors (Lipinski definition) is 0. The maximum Gasteiger partial charge on any atom is 0.131 e. The van der Waals surface area contributed by atoms with Crippen molar-refractivity contribution in [1.29, 1.82) is 0 Å². The number of unbranched alkanes of at least 4 members (excludes halogenated alkanes) is 1. The fourth-order valence-corrected chi connectivity index (χ4v) is 1.61. The Balaban J connectivity index is 2.73. The number of benzene rings is 1. The molecule has 0 bridgehead atoms. The summed E-state index contributed by atoms with van der Waals surface area (Å²) in [5.41, 5.74) is 1.73. The Kier molecular flexibility index (Phi) is 2.40. The summed E-state index contributed by atoms with van der Waals surface area (Å²) in [5, 5.41) is 2.29. The molecule has 72 valence electrons. The van der Waals surface area contributed by atoms with Gasteiger partial charge in [0.05, 0.1) is 0 Å². The molecule has 1 nitrogen and oxygen atoms in total. The molecule has 0 fully saturated rings. The lowest BCUT2D eigenvalue weighted by Crippen LogP contribution is -1.97. The molecule has 1 aromatic carbocycles. The summed E-state index contributed by atoms with van der Waals surface area (Å²) in [6.07, 6.45) is 4.33. The van der Waals surface area contributed by atoms with E-state index in [1.807, 2.05) is 18.2 Å². The van der Waals surface area contributed by atoms with Gasteiger partial charge in [0.15, 0.2) is 0 Å². The lowest BCUT2D eigenvalue weighted by molar-refractivity contribution is 0.508. The summed E-state index contributed by atoms with van der Waals surface area (Å²) in [7, 11) is 0. The summed E-state index contributed by atoms with van der Waals surface area (Å²) >= 11 is 0. The van der Waals surface area contributed by atoms with E-state index in [1.54, 1.807) is 0 Å². The van der Waals surface area contributed by atoms with Crippen LogP contribution in [0, 0.1) is 0 Å². The van der Waals surface area contributed by atoms with Crippen LogP contribution in [0.4, 0.5) is 0 Å². The van der Waals surface area contributed by atoms with Crippen molar-refractivity contribution in [3.8, 4) is 0 Å². The van der Waals surface area contributed by atoms with Crippen molar-refractivity contribution in [2.75, 3.05) is 0 Å². The van der Waals surface area contributed by atoms with Gasteiger partial charge in [0.25, 0.3) is 0 Å². The minimum Gasteiger partial charge on any atom is -0.457 e. The molecule has 0 unspecified atom stereocenters. The monoisotopic (exact) mass is 186 g/mol. The zero-order valence-electron chi connectivity index (χ0n) is 8.42. The Morgan fingerprint density at radius 2 is 2.00 bits per heavy atom. The summed E-state index contributed by atoms with van der Waals surface area (Å²) in [5.74, 6) is 0. The van der Waals surface area contributed by atoms with E-state index in [1.165, 1.54) is 5.39 Å². The van der Waals surface area contributed by atoms with Gasteiger partial charge in [-0.25, -0.2) is 0 Å². The van der Waals surface area contributed by atoms with Gasteiger partial charge < -0.3 is 4.42 Å². The molecule has 0 spiro atoms. The van der Waals surface area contributed by atoms with Crippen LogP contribution < -0.4 is 10.8 Å². The second-order valence-electron chi connectivity index (χ2n) is 3.43. The molecule has 0 radical (unpaired) electrons. The molecular weight excluding hydrogens is 172 g/mol. The first-order chi connectivity index (χ1) is 6.83. The van der Waals surface area contributed by atoms with E-state index in [0.717, 1.165) is 29.1 Å². The summed E-state index contributed by atoms with van der Waals surface area (Å²) in [6.45, 7) is 6.05. The average Bonchev–Trinajstić information content (AvgIpc) is 2.54. The van der Waals surface area contributed by atoms with Crippen LogP contribution in [0.15, 0.2) is 28.7 Å². The van der Waals surface area contributed by atoms with Gasteiger partial charge in [0.2, 0.25) is 0 Å². The van der Waals surface area contributed by atoms with Gasteiger partial charge >= 0.3 is 0 Å². The highest BCUT2D eigenvalue weighted by atomic mass is 16.3. The fourth-order valence-electron chi connectivity index (χ4n) is 1.61. The predicted molar refractivity (Wildman–Crippen MR) is 60.4 cm³/mol. The molecule has 0 aliphatic heterocycles. The maximum absolute atomic E-state index is 5.60. The van der Waals surface area contributed by atoms with E-state index < -0.39 is 0 Å². The molecule has 14 heavy (non-hydrogen) atoms. The van der Waals surface area contributed by atoms with Crippen molar-refractivity contribution in [1.82, 2.24) is 0 Å². The highest BCUT2D eigenvalue weighted by Crippen LogP contribution is 2.04. The molecular formula is C13H14O. The van der Waals surface area contributed by atoms with Crippen LogP contribution in [0.1, 0.15) is 19.8 Å². The lowest BCUT2D eigenvalue weighted by atomic mass is 10.2. The zero-order chi connectivity index (χ0) is 9.97. The second-order valence-corrected chi connectivity index (χ2v) is 3.43. The van der Waals surface area contributed by atoms with Gasteiger partial charge in [-0.1, -0.05) is 44.2 Å². The van der Waals surface area contributed by atoms with E-state index in [9.17, 15) is 0 Å². The van der Waals surface area contributed by atoms with Crippen LogP contribution in [0.3, 0.4) is 0 Å². The van der Waals surface area contributed by atoms with Gasteiger partial charge in [-0.2, -0.15) is 0 Å². The van der Waals surface area contributed by atoms with Gasteiger partial charge in [-0.3, -0.25) is 0 Å². The fraction of sp³-hybridized carbons (Fsp3) is 0.231. The summed E-state index contributed by atoms with van der Waals surface area (Å²) < 4.78 is 5.60. The normalized spacial score (nSPS) is 12.5. The molecule has 0 aliphatic rings. The third-order valence-corrected chi connectivity index (χ3v) is 2.34. The van der Waals surface area contributed by atoms with E-state index in [0.29, 0.717) is 0 Å². The second kappa shape index (κ2) is 3.70. The van der Waals surface area contributed by atoms with Crippen molar-refractivity contribution in [3.05, 3.63) is 35.1 Å². The number of fused-ring (bicyclic) bond motifs is 1. The number of rotatable bonds is 2. The minimum absolute atomic E-state index is 0.767. The smallest absolute Gasteiger partial charge is 0.131 e. The Labute approximate surface area is 83.4 Å². The first-order valence-corrected chi connectivity index (χ1v) is 4.99. The third kappa shape index (κ3) is 1.46. The van der Waals surface area contributed by atoms with E-state index >= 15 is 0 Å². The molecule has 1 heterocycles. The van der Waals surface area contributed by atoms with E-state index in [-0.39, 0.29) is 0 Å².